The Hall–Kier alpha value is -3.14. The summed E-state index contributed by atoms with van der Waals surface area (Å²) in [5.41, 5.74) is 4.96. The topological polar surface area (TPSA) is 49.3 Å². The normalized spacial score (nSPS) is 10.6. The molecule has 3 rings (SSSR count). The third kappa shape index (κ3) is 3.59. The Morgan fingerprint density at radius 3 is 2.46 bits per heavy atom. The van der Waals surface area contributed by atoms with E-state index in [1.807, 2.05) is 26.0 Å². The Balaban J connectivity index is 1.97. The molecule has 0 heterocycles. The first-order valence-corrected chi connectivity index (χ1v) is 8.33. The van der Waals surface area contributed by atoms with E-state index in [2.05, 4.69) is 5.32 Å². The predicted octanol–water partition coefficient (Wildman–Crippen LogP) is 5.38. The number of amides is 1. The predicted molar refractivity (Wildman–Crippen MR) is 102 cm³/mol. The molecule has 0 aliphatic rings. The summed E-state index contributed by atoms with van der Waals surface area (Å²) in [7, 11) is 0. The Morgan fingerprint density at radius 1 is 0.962 bits per heavy atom. The molecule has 26 heavy (non-hydrogen) atoms. The number of nitrogens with one attached hydrogen (secondary N) is 1. The highest BCUT2D eigenvalue weighted by atomic mass is 19.1. The van der Waals surface area contributed by atoms with Crippen LogP contribution in [0.3, 0.4) is 0 Å². The quantitative estimate of drug-likeness (QED) is 0.667. The number of hydrogen-bond donors (Lipinski definition) is 2. The van der Waals surface area contributed by atoms with Gasteiger partial charge >= 0.3 is 0 Å². The second kappa shape index (κ2) is 7.00. The van der Waals surface area contributed by atoms with Crippen molar-refractivity contribution in [2.75, 3.05) is 5.32 Å². The molecule has 0 atom stereocenters. The number of rotatable bonds is 3. The number of aromatic hydroxyl groups is 1. The summed E-state index contributed by atoms with van der Waals surface area (Å²) in [6.45, 7) is 5.52. The molecule has 0 aliphatic carbocycles. The Bertz CT molecular complexity index is 995. The van der Waals surface area contributed by atoms with Crippen molar-refractivity contribution in [2.24, 2.45) is 0 Å². The SMILES string of the molecule is Cc1cc(C(=O)Nc2c(C)ccc(O)c2C)cc(-c2cccc(F)c2)c1. The fraction of sp³-hybridized carbons (Fsp3) is 0.136. The van der Waals surface area contributed by atoms with Gasteiger partial charge in [-0.1, -0.05) is 24.3 Å². The number of phenolic OH excluding ortho intramolecular Hbond substituents is 1. The Kier molecular flexibility index (Phi) is 4.76. The molecule has 0 radical (unpaired) electrons. The van der Waals surface area contributed by atoms with Gasteiger partial charge < -0.3 is 10.4 Å². The van der Waals surface area contributed by atoms with Gasteiger partial charge in [-0.3, -0.25) is 4.79 Å². The lowest BCUT2D eigenvalue weighted by Crippen LogP contribution is -2.14. The molecule has 0 saturated heterocycles. The highest BCUT2D eigenvalue weighted by Crippen LogP contribution is 2.29. The van der Waals surface area contributed by atoms with Crippen LogP contribution in [-0.2, 0) is 0 Å². The van der Waals surface area contributed by atoms with Crippen LogP contribution >= 0.6 is 0 Å². The van der Waals surface area contributed by atoms with Crippen molar-refractivity contribution < 1.29 is 14.3 Å². The van der Waals surface area contributed by atoms with Gasteiger partial charge in [-0.25, -0.2) is 4.39 Å². The molecule has 4 heteroatoms. The van der Waals surface area contributed by atoms with Crippen LogP contribution in [0.5, 0.6) is 5.75 Å². The number of carbonyl (C=O) groups is 1. The van der Waals surface area contributed by atoms with Crippen LogP contribution in [-0.4, -0.2) is 11.0 Å². The minimum atomic E-state index is -0.319. The molecule has 0 spiro atoms. The van der Waals surface area contributed by atoms with Gasteiger partial charge in [0.15, 0.2) is 0 Å². The van der Waals surface area contributed by atoms with Crippen LogP contribution < -0.4 is 5.32 Å². The first-order valence-electron chi connectivity index (χ1n) is 8.33. The molecule has 3 nitrogen and oxygen atoms in total. The maximum atomic E-state index is 13.5. The van der Waals surface area contributed by atoms with Crippen molar-refractivity contribution in [2.45, 2.75) is 20.8 Å². The van der Waals surface area contributed by atoms with E-state index in [4.69, 9.17) is 0 Å². The summed E-state index contributed by atoms with van der Waals surface area (Å²) in [5.74, 6) is -0.459. The van der Waals surface area contributed by atoms with E-state index in [-0.39, 0.29) is 17.5 Å². The second-order valence-corrected chi connectivity index (χ2v) is 6.45. The monoisotopic (exact) mass is 349 g/mol. The van der Waals surface area contributed by atoms with Crippen molar-refractivity contribution in [3.8, 4) is 16.9 Å². The molecule has 1 amide bonds. The summed E-state index contributed by atoms with van der Waals surface area (Å²) < 4.78 is 13.5. The van der Waals surface area contributed by atoms with E-state index < -0.39 is 0 Å². The fourth-order valence-electron chi connectivity index (χ4n) is 2.96. The third-order valence-electron chi connectivity index (χ3n) is 4.38. The summed E-state index contributed by atoms with van der Waals surface area (Å²) in [6, 6.07) is 15.1. The number of aryl methyl sites for hydroxylation is 2. The molecule has 3 aromatic carbocycles. The van der Waals surface area contributed by atoms with Gasteiger partial charge in [-0.05, 0) is 73.4 Å². The smallest absolute Gasteiger partial charge is 0.255 e. The van der Waals surface area contributed by atoms with E-state index in [1.54, 1.807) is 37.3 Å². The lowest BCUT2D eigenvalue weighted by Gasteiger charge is -2.14. The number of phenols is 1. The van der Waals surface area contributed by atoms with Crippen molar-refractivity contribution in [1.29, 1.82) is 0 Å². The molecule has 0 unspecified atom stereocenters. The zero-order valence-electron chi connectivity index (χ0n) is 14.9. The maximum Gasteiger partial charge on any atom is 0.255 e. The Morgan fingerprint density at radius 2 is 1.73 bits per heavy atom. The number of anilines is 1. The van der Waals surface area contributed by atoms with Gasteiger partial charge in [0.1, 0.15) is 11.6 Å². The minimum Gasteiger partial charge on any atom is -0.508 e. The van der Waals surface area contributed by atoms with Crippen molar-refractivity contribution in [3.63, 3.8) is 0 Å². The molecule has 0 aromatic heterocycles. The lowest BCUT2D eigenvalue weighted by atomic mass is 9.99. The van der Waals surface area contributed by atoms with Gasteiger partial charge in [0, 0.05) is 11.1 Å². The van der Waals surface area contributed by atoms with Crippen molar-refractivity contribution >= 4 is 11.6 Å². The zero-order valence-corrected chi connectivity index (χ0v) is 14.9. The van der Waals surface area contributed by atoms with Gasteiger partial charge in [0.25, 0.3) is 5.91 Å². The van der Waals surface area contributed by atoms with E-state index in [1.165, 1.54) is 12.1 Å². The van der Waals surface area contributed by atoms with E-state index in [9.17, 15) is 14.3 Å². The fourth-order valence-corrected chi connectivity index (χ4v) is 2.96. The molecule has 0 bridgehead atoms. The number of hydrogen-bond acceptors (Lipinski definition) is 2. The van der Waals surface area contributed by atoms with Gasteiger partial charge in [-0.2, -0.15) is 0 Å². The molecule has 2 N–H and O–H groups in total. The average Bonchev–Trinajstić information content (AvgIpc) is 2.61. The van der Waals surface area contributed by atoms with Crippen molar-refractivity contribution in [1.82, 2.24) is 0 Å². The van der Waals surface area contributed by atoms with E-state index >= 15 is 0 Å². The molecule has 3 aromatic rings. The van der Waals surface area contributed by atoms with Crippen LogP contribution in [0, 0.1) is 26.6 Å². The minimum absolute atomic E-state index is 0.135. The van der Waals surface area contributed by atoms with Gasteiger partial charge in [-0.15, -0.1) is 0 Å². The van der Waals surface area contributed by atoms with Crippen LogP contribution in [0.15, 0.2) is 54.6 Å². The molecular formula is C22H20FNO2. The van der Waals surface area contributed by atoms with Gasteiger partial charge in [0.05, 0.1) is 5.69 Å². The largest absolute Gasteiger partial charge is 0.508 e. The molecule has 0 aliphatic heterocycles. The highest BCUT2D eigenvalue weighted by Gasteiger charge is 2.13. The molecular weight excluding hydrogens is 329 g/mol. The second-order valence-electron chi connectivity index (χ2n) is 6.45. The summed E-state index contributed by atoms with van der Waals surface area (Å²) >= 11 is 0. The van der Waals surface area contributed by atoms with Gasteiger partial charge in [0.2, 0.25) is 0 Å². The van der Waals surface area contributed by atoms with Crippen LogP contribution in [0.25, 0.3) is 11.1 Å². The van der Waals surface area contributed by atoms with Crippen LogP contribution in [0.4, 0.5) is 10.1 Å². The molecule has 0 fully saturated rings. The molecule has 132 valence electrons. The van der Waals surface area contributed by atoms with Crippen molar-refractivity contribution in [3.05, 3.63) is 82.7 Å². The summed E-state index contributed by atoms with van der Waals surface area (Å²) in [6.07, 6.45) is 0. The van der Waals surface area contributed by atoms with E-state index in [0.29, 0.717) is 22.4 Å². The first kappa shape index (κ1) is 17.7. The summed E-state index contributed by atoms with van der Waals surface area (Å²) in [4.78, 5) is 12.8. The summed E-state index contributed by atoms with van der Waals surface area (Å²) in [5, 5.41) is 12.8. The maximum absolute atomic E-state index is 13.5. The highest BCUT2D eigenvalue weighted by molar-refractivity contribution is 6.06. The number of carbonyl (C=O) groups excluding carboxylic acids is 1. The third-order valence-corrected chi connectivity index (χ3v) is 4.38. The first-order chi connectivity index (χ1) is 12.3. The van der Waals surface area contributed by atoms with Crippen LogP contribution in [0.2, 0.25) is 0 Å². The standard InChI is InChI=1S/C22H20FNO2/c1-13-9-17(16-5-4-6-19(23)12-16)11-18(10-13)22(26)24-21-14(2)7-8-20(25)15(21)3/h4-12,25H,1-3H3,(H,24,26). The zero-order chi connectivity index (χ0) is 18.8. The lowest BCUT2D eigenvalue weighted by molar-refractivity contribution is 0.102. The van der Waals surface area contributed by atoms with E-state index in [0.717, 1.165) is 16.7 Å². The molecule has 0 saturated carbocycles. The van der Waals surface area contributed by atoms with Crippen LogP contribution in [0.1, 0.15) is 27.0 Å². The number of halogens is 1. The average molecular weight is 349 g/mol. The number of benzene rings is 3. The Labute approximate surface area is 152 Å².